The molecule has 0 spiro atoms. The monoisotopic (exact) mass is 260 g/mol. The zero-order valence-corrected chi connectivity index (χ0v) is 12.1. The van der Waals surface area contributed by atoms with Gasteiger partial charge in [-0.25, -0.2) is 0 Å². The van der Waals surface area contributed by atoms with Crippen molar-refractivity contribution >= 4 is 5.91 Å². The predicted molar refractivity (Wildman–Crippen MR) is 77.7 cm³/mol. The molecule has 0 aliphatic carbocycles. The van der Waals surface area contributed by atoms with Gasteiger partial charge >= 0.3 is 0 Å². The summed E-state index contributed by atoms with van der Waals surface area (Å²) in [6.07, 6.45) is 0.967. The maximum absolute atomic E-state index is 12.1. The second kappa shape index (κ2) is 5.74. The maximum Gasteiger partial charge on any atom is 0.224 e. The number of amides is 1. The first kappa shape index (κ1) is 14.1. The van der Waals surface area contributed by atoms with Crippen LogP contribution >= 0.6 is 0 Å². The third-order valence-electron chi connectivity index (χ3n) is 3.39. The Kier molecular flexibility index (Phi) is 4.25. The molecule has 1 aliphatic heterocycles. The van der Waals surface area contributed by atoms with Crippen molar-refractivity contribution < 1.29 is 4.79 Å². The largest absolute Gasteiger partial charge is 0.351 e. The van der Waals surface area contributed by atoms with Crippen molar-refractivity contribution in [2.24, 2.45) is 5.92 Å². The highest BCUT2D eigenvalue weighted by molar-refractivity contribution is 5.79. The van der Waals surface area contributed by atoms with Crippen LogP contribution in [0.5, 0.6) is 0 Å². The van der Waals surface area contributed by atoms with Crippen LogP contribution in [-0.4, -0.2) is 29.4 Å². The third kappa shape index (κ3) is 4.35. The minimum atomic E-state index is -0.135. The van der Waals surface area contributed by atoms with Crippen molar-refractivity contribution in [3.8, 4) is 0 Å². The number of rotatable bonds is 3. The zero-order chi connectivity index (χ0) is 13.9. The van der Waals surface area contributed by atoms with Gasteiger partial charge in [-0.3, -0.25) is 9.69 Å². The van der Waals surface area contributed by atoms with Crippen LogP contribution in [0, 0.1) is 5.92 Å². The van der Waals surface area contributed by atoms with Gasteiger partial charge < -0.3 is 5.32 Å². The molecule has 0 aromatic heterocycles. The third-order valence-corrected chi connectivity index (χ3v) is 3.39. The lowest BCUT2D eigenvalue weighted by Gasteiger charge is -2.23. The fraction of sp³-hybridized carbons (Fsp3) is 0.562. The normalized spacial score (nSPS) is 20.5. The summed E-state index contributed by atoms with van der Waals surface area (Å²) in [5.41, 5.74) is 1.18. The van der Waals surface area contributed by atoms with E-state index in [0.29, 0.717) is 0 Å². The van der Waals surface area contributed by atoms with E-state index < -0.39 is 0 Å². The number of nitrogens with zero attached hydrogens (tertiary/aromatic N) is 1. The van der Waals surface area contributed by atoms with Crippen LogP contribution in [0.3, 0.4) is 0 Å². The van der Waals surface area contributed by atoms with E-state index in [9.17, 15) is 4.79 Å². The van der Waals surface area contributed by atoms with Crippen LogP contribution in [0.25, 0.3) is 0 Å². The zero-order valence-electron chi connectivity index (χ0n) is 12.1. The number of benzene rings is 1. The van der Waals surface area contributed by atoms with Gasteiger partial charge in [-0.05, 0) is 39.3 Å². The molecular formula is C16H24N2O. The van der Waals surface area contributed by atoms with E-state index in [0.717, 1.165) is 26.1 Å². The molecule has 1 unspecified atom stereocenters. The molecule has 3 heteroatoms. The molecule has 1 N–H and O–H groups in total. The summed E-state index contributed by atoms with van der Waals surface area (Å²) in [6, 6.07) is 10.4. The second-order valence-electron chi connectivity index (χ2n) is 6.45. The number of carbonyl (C=O) groups is 1. The van der Waals surface area contributed by atoms with Crippen LogP contribution in [0.2, 0.25) is 0 Å². The van der Waals surface area contributed by atoms with Crippen molar-refractivity contribution in [1.82, 2.24) is 10.2 Å². The predicted octanol–water partition coefficient (Wildman–Crippen LogP) is 2.42. The summed E-state index contributed by atoms with van der Waals surface area (Å²) < 4.78 is 0. The van der Waals surface area contributed by atoms with E-state index in [1.807, 2.05) is 26.8 Å². The standard InChI is InChI=1S/C16H24N2O/c1-16(2,3)17-15(19)14-9-10-18(12-14)11-13-7-5-4-6-8-13/h4-8,14H,9-12H2,1-3H3,(H,17,19). The molecule has 0 bridgehead atoms. The Labute approximate surface area is 116 Å². The van der Waals surface area contributed by atoms with Crippen LogP contribution in [0.1, 0.15) is 32.8 Å². The van der Waals surface area contributed by atoms with Gasteiger partial charge in [0.15, 0.2) is 0 Å². The fourth-order valence-corrected chi connectivity index (χ4v) is 2.50. The number of hydrogen-bond acceptors (Lipinski definition) is 2. The Balaban J connectivity index is 1.85. The molecule has 0 radical (unpaired) electrons. The maximum atomic E-state index is 12.1. The molecule has 1 amide bonds. The SMILES string of the molecule is CC(C)(C)NC(=O)C1CCN(Cc2ccccc2)C1. The molecule has 1 saturated heterocycles. The number of hydrogen-bond donors (Lipinski definition) is 1. The van der Waals surface area contributed by atoms with Gasteiger partial charge in [0.1, 0.15) is 0 Å². The minimum Gasteiger partial charge on any atom is -0.351 e. The van der Waals surface area contributed by atoms with Crippen molar-refractivity contribution in [2.75, 3.05) is 13.1 Å². The Hall–Kier alpha value is -1.35. The average Bonchev–Trinajstić information content (AvgIpc) is 2.77. The number of nitrogens with one attached hydrogen (secondary N) is 1. The smallest absolute Gasteiger partial charge is 0.224 e. The lowest BCUT2D eigenvalue weighted by molar-refractivity contribution is -0.126. The highest BCUT2D eigenvalue weighted by atomic mass is 16.2. The first-order valence-corrected chi connectivity index (χ1v) is 7.02. The average molecular weight is 260 g/mol. The van der Waals surface area contributed by atoms with Gasteiger partial charge in [0.2, 0.25) is 5.91 Å². The molecule has 3 nitrogen and oxygen atoms in total. The highest BCUT2D eigenvalue weighted by Crippen LogP contribution is 2.19. The Bertz CT molecular complexity index is 422. The first-order chi connectivity index (χ1) is 8.94. The van der Waals surface area contributed by atoms with Crippen LogP contribution < -0.4 is 5.32 Å². The number of likely N-dealkylation sites (tertiary alicyclic amines) is 1. The molecule has 1 aromatic rings. The topological polar surface area (TPSA) is 32.3 Å². The molecular weight excluding hydrogens is 236 g/mol. The summed E-state index contributed by atoms with van der Waals surface area (Å²) >= 11 is 0. The molecule has 19 heavy (non-hydrogen) atoms. The number of carbonyl (C=O) groups excluding carboxylic acids is 1. The van der Waals surface area contributed by atoms with Gasteiger partial charge in [0.25, 0.3) is 0 Å². The van der Waals surface area contributed by atoms with Crippen molar-refractivity contribution in [1.29, 1.82) is 0 Å². The fourth-order valence-electron chi connectivity index (χ4n) is 2.50. The van der Waals surface area contributed by atoms with Crippen LogP contribution in [0.15, 0.2) is 30.3 Å². The van der Waals surface area contributed by atoms with Crippen molar-refractivity contribution in [3.63, 3.8) is 0 Å². The summed E-state index contributed by atoms with van der Waals surface area (Å²) in [5, 5.41) is 3.08. The first-order valence-electron chi connectivity index (χ1n) is 7.02. The van der Waals surface area contributed by atoms with Crippen molar-refractivity contribution in [3.05, 3.63) is 35.9 Å². The van der Waals surface area contributed by atoms with Gasteiger partial charge in [-0.15, -0.1) is 0 Å². The van der Waals surface area contributed by atoms with E-state index in [-0.39, 0.29) is 17.4 Å². The molecule has 1 atom stereocenters. The van der Waals surface area contributed by atoms with Gasteiger partial charge in [-0.2, -0.15) is 0 Å². The van der Waals surface area contributed by atoms with E-state index in [1.54, 1.807) is 0 Å². The molecule has 0 saturated carbocycles. The molecule has 1 heterocycles. The van der Waals surface area contributed by atoms with E-state index in [2.05, 4.69) is 34.5 Å². The molecule has 1 aromatic carbocycles. The summed E-state index contributed by atoms with van der Waals surface area (Å²) in [6.45, 7) is 8.92. The van der Waals surface area contributed by atoms with E-state index >= 15 is 0 Å². The van der Waals surface area contributed by atoms with Crippen molar-refractivity contribution in [2.45, 2.75) is 39.3 Å². The van der Waals surface area contributed by atoms with E-state index in [4.69, 9.17) is 0 Å². The minimum absolute atomic E-state index is 0.135. The quantitative estimate of drug-likeness (QED) is 0.905. The summed E-state index contributed by atoms with van der Waals surface area (Å²) in [7, 11) is 0. The van der Waals surface area contributed by atoms with Crippen LogP contribution in [-0.2, 0) is 11.3 Å². The highest BCUT2D eigenvalue weighted by Gasteiger charge is 2.29. The second-order valence-corrected chi connectivity index (χ2v) is 6.45. The van der Waals surface area contributed by atoms with Gasteiger partial charge in [-0.1, -0.05) is 30.3 Å². The molecule has 104 valence electrons. The molecule has 1 fully saturated rings. The molecule has 1 aliphatic rings. The van der Waals surface area contributed by atoms with Crippen LogP contribution in [0.4, 0.5) is 0 Å². The van der Waals surface area contributed by atoms with Gasteiger partial charge in [0, 0.05) is 18.6 Å². The summed E-state index contributed by atoms with van der Waals surface area (Å²) in [4.78, 5) is 14.5. The lowest BCUT2D eigenvalue weighted by Crippen LogP contribution is -2.44. The van der Waals surface area contributed by atoms with Gasteiger partial charge in [0.05, 0.1) is 5.92 Å². The Morgan fingerprint density at radius 2 is 2.00 bits per heavy atom. The lowest BCUT2D eigenvalue weighted by atomic mass is 10.0. The summed E-state index contributed by atoms with van der Waals surface area (Å²) in [5.74, 6) is 0.339. The Morgan fingerprint density at radius 3 is 2.63 bits per heavy atom. The van der Waals surface area contributed by atoms with E-state index in [1.165, 1.54) is 5.56 Å². The molecule has 2 rings (SSSR count). The Morgan fingerprint density at radius 1 is 1.32 bits per heavy atom.